The van der Waals surface area contributed by atoms with Crippen LogP contribution in [0.4, 0.5) is 19.7 Å². The summed E-state index contributed by atoms with van der Waals surface area (Å²) in [6.45, 7) is 0. The van der Waals surface area contributed by atoms with Gasteiger partial charge in [-0.15, -0.1) is 0 Å². The lowest BCUT2D eigenvalue weighted by Crippen LogP contribution is -2.35. The van der Waals surface area contributed by atoms with Gasteiger partial charge in [-0.05, 0) is 60.7 Å². The Balaban J connectivity index is 0.000000751. The molecule has 0 spiro atoms. The number of nitrogens with zero attached hydrogens (tertiary/aromatic N) is 3. The van der Waals surface area contributed by atoms with Crippen molar-refractivity contribution in [3.05, 3.63) is 78.9 Å². The highest BCUT2D eigenvalue weighted by atomic mass is 19.1. The molecule has 0 fully saturated rings. The van der Waals surface area contributed by atoms with E-state index in [1.165, 1.54) is 19.2 Å². The Morgan fingerprint density at radius 3 is 2.06 bits per heavy atom. The van der Waals surface area contributed by atoms with E-state index in [-0.39, 0.29) is 5.82 Å². The van der Waals surface area contributed by atoms with Gasteiger partial charge in [-0.1, -0.05) is 0 Å². The third-order valence-corrected chi connectivity index (χ3v) is 4.58. The van der Waals surface area contributed by atoms with Crippen LogP contribution in [0.15, 0.2) is 73.1 Å². The number of nitrogens with one attached hydrogen (secondary N) is 2. The zero-order valence-electron chi connectivity index (χ0n) is 18.1. The maximum Gasteiger partial charge on any atom is 0.345 e. The standard InChI is InChI=1S/C22H18FN5O2.CH4N2O/c1-24-22(29)28(30)18-8-4-16(5-9-18)21-26-19(14-2-6-17(23)7-3-14)20(27-21)15-10-12-25-13-11-15;2-1(3)4/h2-13,30H,1H3,(H,24,29)(H,26,27);(H4,2,3,4). The molecule has 174 valence electrons. The molecule has 0 unspecified atom stereocenters. The van der Waals surface area contributed by atoms with Crippen molar-refractivity contribution in [3.63, 3.8) is 0 Å². The number of benzene rings is 2. The molecule has 4 rings (SSSR count). The summed E-state index contributed by atoms with van der Waals surface area (Å²) >= 11 is 0. The van der Waals surface area contributed by atoms with E-state index >= 15 is 0 Å². The van der Waals surface area contributed by atoms with Crippen molar-refractivity contribution in [2.24, 2.45) is 11.5 Å². The Morgan fingerprint density at radius 2 is 1.50 bits per heavy atom. The van der Waals surface area contributed by atoms with Gasteiger partial charge in [0.15, 0.2) is 0 Å². The minimum Gasteiger partial charge on any atom is -0.352 e. The molecule has 0 radical (unpaired) electrons. The van der Waals surface area contributed by atoms with Crippen LogP contribution in [-0.2, 0) is 0 Å². The summed E-state index contributed by atoms with van der Waals surface area (Å²) < 4.78 is 13.4. The summed E-state index contributed by atoms with van der Waals surface area (Å²) in [5.41, 5.74) is 12.7. The maximum atomic E-state index is 13.4. The molecule has 34 heavy (non-hydrogen) atoms. The lowest BCUT2D eigenvalue weighted by atomic mass is 10.1. The number of amides is 4. The molecule has 2 aromatic heterocycles. The van der Waals surface area contributed by atoms with Gasteiger partial charge >= 0.3 is 12.1 Å². The minimum atomic E-state index is -0.833. The average molecular weight is 463 g/mol. The number of rotatable bonds is 4. The van der Waals surface area contributed by atoms with E-state index in [1.807, 2.05) is 12.1 Å². The highest BCUT2D eigenvalue weighted by Crippen LogP contribution is 2.33. The first-order chi connectivity index (χ1) is 16.3. The second kappa shape index (κ2) is 10.7. The number of carbonyl (C=O) groups excluding carboxylic acids is 2. The van der Waals surface area contributed by atoms with Crippen LogP contribution in [0.3, 0.4) is 0 Å². The first-order valence-electron chi connectivity index (χ1n) is 9.92. The molecule has 0 aliphatic carbocycles. The number of aromatic amines is 1. The Kier molecular flexibility index (Phi) is 7.52. The molecule has 0 saturated carbocycles. The van der Waals surface area contributed by atoms with E-state index < -0.39 is 12.1 Å². The van der Waals surface area contributed by atoms with Crippen molar-refractivity contribution in [2.75, 3.05) is 12.1 Å². The summed E-state index contributed by atoms with van der Waals surface area (Å²) in [5.74, 6) is 0.275. The maximum absolute atomic E-state index is 13.4. The number of halogens is 1. The predicted octanol–water partition coefficient (Wildman–Crippen LogP) is 3.50. The first-order valence-corrected chi connectivity index (χ1v) is 9.92. The van der Waals surface area contributed by atoms with Gasteiger partial charge in [-0.2, -0.15) is 5.06 Å². The Morgan fingerprint density at radius 1 is 0.941 bits per heavy atom. The molecular formula is C23H22FN7O3. The van der Waals surface area contributed by atoms with E-state index in [1.54, 1.807) is 48.8 Å². The third kappa shape index (κ3) is 5.72. The molecule has 4 amide bonds. The van der Waals surface area contributed by atoms with Gasteiger partial charge in [-0.3, -0.25) is 10.2 Å². The van der Waals surface area contributed by atoms with E-state index in [9.17, 15) is 14.4 Å². The van der Waals surface area contributed by atoms with E-state index in [0.717, 1.165) is 22.4 Å². The van der Waals surface area contributed by atoms with Gasteiger partial charge in [0.1, 0.15) is 11.6 Å². The van der Waals surface area contributed by atoms with Crippen LogP contribution >= 0.6 is 0 Å². The summed E-state index contributed by atoms with van der Waals surface area (Å²) in [6.07, 6.45) is 3.38. The van der Waals surface area contributed by atoms with Crippen LogP contribution in [0.25, 0.3) is 33.9 Å². The fraction of sp³-hybridized carbons (Fsp3) is 0.0435. The number of hydrogen-bond donors (Lipinski definition) is 5. The number of primary amides is 2. The van der Waals surface area contributed by atoms with Crippen molar-refractivity contribution >= 4 is 17.7 Å². The molecule has 4 aromatic rings. The van der Waals surface area contributed by atoms with Crippen molar-refractivity contribution in [2.45, 2.75) is 0 Å². The average Bonchev–Trinajstić information content (AvgIpc) is 3.29. The SMILES string of the molecule is CNC(=O)N(O)c1ccc(-c2nc(-c3ccc(F)cc3)c(-c3ccncc3)[nH]2)cc1.NC(N)=O. The summed E-state index contributed by atoms with van der Waals surface area (Å²) in [6, 6.07) is 15.1. The second-order valence-electron chi connectivity index (χ2n) is 6.87. The summed E-state index contributed by atoms with van der Waals surface area (Å²) in [5, 5.41) is 12.8. The second-order valence-corrected chi connectivity index (χ2v) is 6.87. The molecule has 0 bridgehead atoms. The Bertz CT molecular complexity index is 1260. The quantitative estimate of drug-likeness (QED) is 0.231. The normalized spacial score (nSPS) is 10.1. The van der Waals surface area contributed by atoms with Crippen LogP contribution in [-0.4, -0.2) is 39.3 Å². The number of anilines is 1. The number of nitrogens with two attached hydrogens (primary N) is 2. The molecule has 0 atom stereocenters. The highest BCUT2D eigenvalue weighted by molar-refractivity contribution is 5.89. The molecule has 0 aliphatic heterocycles. The number of hydrogen-bond acceptors (Lipinski definition) is 5. The molecule has 0 saturated heterocycles. The molecule has 2 aromatic carbocycles. The van der Waals surface area contributed by atoms with Crippen LogP contribution in [0.1, 0.15) is 0 Å². The van der Waals surface area contributed by atoms with Crippen LogP contribution in [0.2, 0.25) is 0 Å². The van der Waals surface area contributed by atoms with Crippen molar-refractivity contribution < 1.29 is 19.2 Å². The van der Waals surface area contributed by atoms with Gasteiger partial charge in [-0.25, -0.2) is 19.0 Å². The van der Waals surface area contributed by atoms with Gasteiger partial charge in [0.2, 0.25) is 0 Å². The molecule has 11 heteroatoms. The number of aromatic nitrogens is 3. The number of pyridine rings is 1. The largest absolute Gasteiger partial charge is 0.352 e. The summed E-state index contributed by atoms with van der Waals surface area (Å²) in [7, 11) is 1.43. The van der Waals surface area contributed by atoms with Crippen LogP contribution < -0.4 is 21.8 Å². The molecular weight excluding hydrogens is 441 g/mol. The van der Waals surface area contributed by atoms with Crippen LogP contribution in [0, 0.1) is 5.82 Å². The van der Waals surface area contributed by atoms with E-state index in [0.29, 0.717) is 22.3 Å². The molecule has 7 N–H and O–H groups in total. The summed E-state index contributed by atoms with van der Waals surface area (Å²) in [4.78, 5) is 32.7. The zero-order chi connectivity index (χ0) is 24.7. The highest BCUT2D eigenvalue weighted by Gasteiger charge is 2.16. The monoisotopic (exact) mass is 463 g/mol. The Labute approximate surface area is 194 Å². The lowest BCUT2D eigenvalue weighted by molar-refractivity contribution is 0.206. The zero-order valence-corrected chi connectivity index (χ0v) is 18.1. The lowest BCUT2D eigenvalue weighted by Gasteiger charge is -2.14. The number of H-pyrrole nitrogens is 1. The van der Waals surface area contributed by atoms with Gasteiger partial charge < -0.3 is 21.8 Å². The molecule has 2 heterocycles. The fourth-order valence-corrected chi connectivity index (χ4v) is 3.04. The van der Waals surface area contributed by atoms with Crippen molar-refractivity contribution in [1.29, 1.82) is 0 Å². The number of hydroxylamine groups is 1. The number of imidazole rings is 1. The van der Waals surface area contributed by atoms with E-state index in [2.05, 4.69) is 26.8 Å². The molecule has 0 aliphatic rings. The first kappa shape index (κ1) is 23.9. The van der Waals surface area contributed by atoms with E-state index in [4.69, 9.17) is 9.78 Å². The van der Waals surface area contributed by atoms with Gasteiger partial charge in [0, 0.05) is 36.1 Å². The van der Waals surface area contributed by atoms with Gasteiger partial charge in [0.05, 0.1) is 17.1 Å². The topological polar surface area (TPSA) is 163 Å². The Hall–Kier alpha value is -4.77. The third-order valence-electron chi connectivity index (χ3n) is 4.58. The van der Waals surface area contributed by atoms with Crippen molar-refractivity contribution in [3.8, 4) is 33.9 Å². The molecule has 10 nitrogen and oxygen atoms in total. The predicted molar refractivity (Wildman–Crippen MR) is 125 cm³/mol. The van der Waals surface area contributed by atoms with Crippen molar-refractivity contribution in [1.82, 2.24) is 20.3 Å². The van der Waals surface area contributed by atoms with Crippen LogP contribution in [0.5, 0.6) is 0 Å². The fourth-order valence-electron chi connectivity index (χ4n) is 3.04. The van der Waals surface area contributed by atoms with Gasteiger partial charge in [0.25, 0.3) is 0 Å². The number of carbonyl (C=O) groups is 2. The number of urea groups is 2. The minimum absolute atomic E-state index is 0.317. The smallest absolute Gasteiger partial charge is 0.345 e.